The second-order valence-electron chi connectivity index (χ2n) is 4.48. The molecule has 3 nitrogen and oxygen atoms in total. The molecule has 0 unspecified atom stereocenters. The number of carbonyl (C=O) groups excluding carboxylic acids is 1. The van der Waals surface area contributed by atoms with Crippen molar-refractivity contribution in [3.63, 3.8) is 0 Å². The summed E-state index contributed by atoms with van der Waals surface area (Å²) < 4.78 is 13.0. The molecule has 0 saturated heterocycles. The van der Waals surface area contributed by atoms with Crippen LogP contribution in [-0.2, 0) is 6.54 Å². The van der Waals surface area contributed by atoms with Crippen LogP contribution in [0.2, 0.25) is 5.02 Å². The Morgan fingerprint density at radius 3 is 2.65 bits per heavy atom. The Bertz CT molecular complexity index is 658. The van der Waals surface area contributed by atoms with Gasteiger partial charge in [-0.1, -0.05) is 17.7 Å². The van der Waals surface area contributed by atoms with Gasteiger partial charge in [-0.2, -0.15) is 0 Å². The summed E-state index contributed by atoms with van der Waals surface area (Å²) in [6.07, 6.45) is 0. The van der Waals surface area contributed by atoms with Crippen LogP contribution in [0.5, 0.6) is 0 Å². The molecule has 0 heterocycles. The zero-order valence-electron chi connectivity index (χ0n) is 10.9. The number of hydrogen-bond acceptors (Lipinski definition) is 2. The number of anilines is 1. The number of primary amides is 1. The molecule has 20 heavy (non-hydrogen) atoms. The van der Waals surface area contributed by atoms with E-state index in [9.17, 15) is 9.18 Å². The van der Waals surface area contributed by atoms with Gasteiger partial charge in [0, 0.05) is 12.2 Å². The molecular formula is C15H14ClFN2O. The highest BCUT2D eigenvalue weighted by molar-refractivity contribution is 6.34. The van der Waals surface area contributed by atoms with Crippen LogP contribution in [0.3, 0.4) is 0 Å². The third-order valence-electron chi connectivity index (χ3n) is 3.02. The van der Waals surface area contributed by atoms with Crippen LogP contribution in [0.4, 0.5) is 10.1 Å². The van der Waals surface area contributed by atoms with Crippen molar-refractivity contribution in [1.29, 1.82) is 0 Å². The van der Waals surface area contributed by atoms with Crippen LogP contribution in [0, 0.1) is 12.7 Å². The first kappa shape index (κ1) is 14.3. The molecule has 0 aliphatic carbocycles. The fourth-order valence-corrected chi connectivity index (χ4v) is 2.15. The topological polar surface area (TPSA) is 55.1 Å². The first-order valence-electron chi connectivity index (χ1n) is 6.05. The van der Waals surface area contributed by atoms with Gasteiger partial charge in [-0.25, -0.2) is 4.39 Å². The average molecular weight is 293 g/mol. The summed E-state index contributed by atoms with van der Waals surface area (Å²) in [6, 6.07) is 9.58. The summed E-state index contributed by atoms with van der Waals surface area (Å²) in [5.41, 5.74) is 8.10. The highest BCUT2D eigenvalue weighted by atomic mass is 35.5. The minimum absolute atomic E-state index is 0.250. The summed E-state index contributed by atoms with van der Waals surface area (Å²) in [6.45, 7) is 2.39. The Hall–Kier alpha value is -2.07. The number of rotatable bonds is 4. The van der Waals surface area contributed by atoms with Gasteiger partial charge in [0.05, 0.1) is 10.6 Å². The molecule has 0 atom stereocenters. The molecule has 0 saturated carbocycles. The fraction of sp³-hybridized carbons (Fsp3) is 0.133. The maximum Gasteiger partial charge on any atom is 0.250 e. The smallest absolute Gasteiger partial charge is 0.250 e. The van der Waals surface area contributed by atoms with Crippen molar-refractivity contribution in [2.24, 2.45) is 5.73 Å². The molecule has 2 aromatic carbocycles. The van der Waals surface area contributed by atoms with Crippen molar-refractivity contribution in [2.75, 3.05) is 5.32 Å². The van der Waals surface area contributed by atoms with E-state index in [1.807, 2.05) is 6.92 Å². The summed E-state index contributed by atoms with van der Waals surface area (Å²) >= 11 is 5.97. The van der Waals surface area contributed by atoms with Gasteiger partial charge in [0.15, 0.2) is 0 Å². The molecule has 2 aromatic rings. The van der Waals surface area contributed by atoms with E-state index >= 15 is 0 Å². The monoisotopic (exact) mass is 292 g/mol. The van der Waals surface area contributed by atoms with E-state index in [1.54, 1.807) is 24.3 Å². The van der Waals surface area contributed by atoms with Crippen LogP contribution in [0.25, 0.3) is 0 Å². The highest BCUT2D eigenvalue weighted by Crippen LogP contribution is 2.21. The van der Waals surface area contributed by atoms with Gasteiger partial charge in [0.2, 0.25) is 5.91 Å². The molecule has 104 valence electrons. The molecule has 0 radical (unpaired) electrons. The number of aryl methyl sites for hydroxylation is 1. The zero-order chi connectivity index (χ0) is 14.7. The Morgan fingerprint density at radius 2 is 2.05 bits per heavy atom. The molecule has 1 amide bonds. The third-order valence-corrected chi connectivity index (χ3v) is 3.33. The molecule has 0 aliphatic heterocycles. The molecule has 0 aliphatic rings. The second kappa shape index (κ2) is 5.92. The predicted molar refractivity (Wildman–Crippen MR) is 78.4 cm³/mol. The van der Waals surface area contributed by atoms with Crippen LogP contribution in [-0.4, -0.2) is 5.91 Å². The van der Waals surface area contributed by atoms with E-state index in [4.69, 9.17) is 17.3 Å². The molecule has 3 N–H and O–H groups in total. The van der Waals surface area contributed by atoms with E-state index in [0.717, 1.165) is 16.8 Å². The van der Waals surface area contributed by atoms with E-state index in [0.29, 0.717) is 11.6 Å². The predicted octanol–water partition coefficient (Wildman–Crippen LogP) is 3.50. The lowest BCUT2D eigenvalue weighted by molar-refractivity contribution is 0.100. The molecule has 5 heteroatoms. The number of nitrogens with one attached hydrogen (secondary N) is 1. The Labute approximate surface area is 121 Å². The molecular weight excluding hydrogens is 279 g/mol. The molecule has 0 spiro atoms. The van der Waals surface area contributed by atoms with Crippen LogP contribution in [0.1, 0.15) is 21.5 Å². The fourth-order valence-electron chi connectivity index (χ4n) is 1.88. The van der Waals surface area contributed by atoms with Crippen LogP contribution < -0.4 is 11.1 Å². The molecule has 0 bridgehead atoms. The largest absolute Gasteiger partial charge is 0.381 e. The highest BCUT2D eigenvalue weighted by Gasteiger charge is 2.07. The van der Waals surface area contributed by atoms with Crippen molar-refractivity contribution in [3.05, 3.63) is 63.9 Å². The lowest BCUT2D eigenvalue weighted by Crippen LogP contribution is -2.11. The molecule has 0 aromatic heterocycles. The Kier molecular flexibility index (Phi) is 4.25. The summed E-state index contributed by atoms with van der Waals surface area (Å²) in [7, 11) is 0. The van der Waals surface area contributed by atoms with E-state index in [2.05, 4.69) is 5.32 Å². The SMILES string of the molecule is Cc1cc(F)ccc1CNc1ccc(C(N)=O)c(Cl)c1. The Balaban J connectivity index is 2.11. The molecule has 2 rings (SSSR count). The maximum atomic E-state index is 13.0. The molecule has 0 fully saturated rings. The lowest BCUT2D eigenvalue weighted by Gasteiger charge is -2.10. The minimum Gasteiger partial charge on any atom is -0.381 e. The quantitative estimate of drug-likeness (QED) is 0.906. The van der Waals surface area contributed by atoms with Crippen molar-refractivity contribution in [2.45, 2.75) is 13.5 Å². The standard InChI is InChI=1S/C15H14ClFN2O/c1-9-6-11(17)3-2-10(9)8-19-12-4-5-13(15(18)20)14(16)7-12/h2-7,19H,8H2,1H3,(H2,18,20). The van der Waals surface area contributed by atoms with Crippen LogP contribution in [0.15, 0.2) is 36.4 Å². The van der Waals surface area contributed by atoms with Gasteiger partial charge >= 0.3 is 0 Å². The second-order valence-corrected chi connectivity index (χ2v) is 4.89. The van der Waals surface area contributed by atoms with Gasteiger partial charge in [-0.3, -0.25) is 4.79 Å². The maximum absolute atomic E-state index is 13.0. The number of carbonyl (C=O) groups is 1. The van der Waals surface area contributed by atoms with Gasteiger partial charge in [0.25, 0.3) is 0 Å². The number of benzene rings is 2. The van der Waals surface area contributed by atoms with Gasteiger partial charge in [0.1, 0.15) is 5.82 Å². The van der Waals surface area contributed by atoms with Crippen molar-refractivity contribution >= 4 is 23.2 Å². The number of amides is 1. The number of hydrogen-bond donors (Lipinski definition) is 2. The lowest BCUT2D eigenvalue weighted by atomic mass is 10.1. The summed E-state index contributed by atoms with van der Waals surface area (Å²) in [4.78, 5) is 11.1. The number of nitrogens with two attached hydrogens (primary N) is 1. The van der Waals surface area contributed by atoms with Gasteiger partial charge < -0.3 is 11.1 Å². The summed E-state index contributed by atoms with van der Waals surface area (Å²) in [5.74, 6) is -0.809. The van der Waals surface area contributed by atoms with Gasteiger partial charge in [-0.15, -0.1) is 0 Å². The number of halogens is 2. The normalized spacial score (nSPS) is 10.3. The Morgan fingerprint density at radius 1 is 1.30 bits per heavy atom. The van der Waals surface area contributed by atoms with Crippen molar-refractivity contribution < 1.29 is 9.18 Å². The first-order valence-corrected chi connectivity index (χ1v) is 6.43. The van der Waals surface area contributed by atoms with Crippen molar-refractivity contribution in [3.8, 4) is 0 Å². The van der Waals surface area contributed by atoms with Crippen molar-refractivity contribution in [1.82, 2.24) is 0 Å². The summed E-state index contributed by atoms with van der Waals surface area (Å²) in [5, 5.41) is 3.47. The zero-order valence-corrected chi connectivity index (χ0v) is 11.7. The third kappa shape index (κ3) is 3.27. The first-order chi connectivity index (χ1) is 9.47. The van der Waals surface area contributed by atoms with E-state index in [1.165, 1.54) is 12.1 Å². The van der Waals surface area contributed by atoms with E-state index < -0.39 is 5.91 Å². The van der Waals surface area contributed by atoms with E-state index in [-0.39, 0.29) is 11.4 Å². The van der Waals surface area contributed by atoms with Gasteiger partial charge in [-0.05, 0) is 48.4 Å². The minimum atomic E-state index is -0.559. The average Bonchev–Trinajstić information content (AvgIpc) is 2.37. The van der Waals surface area contributed by atoms with Crippen LogP contribution >= 0.6 is 11.6 Å².